The number of aliphatic hydroxyl groups is 1. The van der Waals surface area contributed by atoms with Crippen molar-refractivity contribution < 1.29 is 14.6 Å². The van der Waals surface area contributed by atoms with Crippen molar-refractivity contribution in [2.45, 2.75) is 39.1 Å². The van der Waals surface area contributed by atoms with Crippen LogP contribution >= 0.6 is 0 Å². The van der Waals surface area contributed by atoms with E-state index in [0.29, 0.717) is 6.54 Å². The Kier molecular flexibility index (Phi) is 5.52. The van der Waals surface area contributed by atoms with Gasteiger partial charge in [0.25, 0.3) is 0 Å². The van der Waals surface area contributed by atoms with E-state index in [1.54, 1.807) is 0 Å². The molecule has 0 spiro atoms. The van der Waals surface area contributed by atoms with Crippen molar-refractivity contribution in [2.24, 2.45) is 4.99 Å². The molecule has 0 saturated carbocycles. The van der Waals surface area contributed by atoms with E-state index in [1.165, 1.54) is 6.34 Å². The number of carbonyl (C=O) groups excluding carboxylic acids is 1. The third kappa shape index (κ3) is 4.62. The Morgan fingerprint density at radius 1 is 1.16 bits per heavy atom. The zero-order valence-corrected chi connectivity index (χ0v) is 17.8. The van der Waals surface area contributed by atoms with Gasteiger partial charge in [-0.05, 0) is 44.0 Å². The Morgan fingerprint density at radius 3 is 2.55 bits per heavy atom. The van der Waals surface area contributed by atoms with Crippen LogP contribution in [0.5, 0.6) is 0 Å². The molecule has 1 aliphatic heterocycles. The number of para-hydroxylation sites is 1. The maximum Gasteiger partial charge on any atom is 0.407 e. The number of aliphatic imine (C=N–C) groups is 1. The molecule has 1 aromatic heterocycles. The topological polar surface area (TPSA) is 87.9 Å². The van der Waals surface area contributed by atoms with E-state index in [4.69, 9.17) is 4.74 Å². The van der Waals surface area contributed by atoms with Crippen LogP contribution in [0.3, 0.4) is 0 Å². The zero-order valence-electron chi connectivity index (χ0n) is 17.8. The van der Waals surface area contributed by atoms with Gasteiger partial charge in [-0.3, -0.25) is 0 Å². The van der Waals surface area contributed by atoms with Gasteiger partial charge in [0, 0.05) is 24.0 Å². The van der Waals surface area contributed by atoms with Gasteiger partial charge in [0.15, 0.2) is 6.23 Å². The average Bonchev–Trinajstić information content (AvgIpc) is 3.13. The molecule has 31 heavy (non-hydrogen) atoms. The predicted molar refractivity (Wildman–Crippen MR) is 121 cm³/mol. The number of anilines is 1. The maximum atomic E-state index is 11.9. The second kappa shape index (κ2) is 8.28. The van der Waals surface area contributed by atoms with Crippen LogP contribution < -0.4 is 10.6 Å². The number of hydrogen-bond acceptors (Lipinski definition) is 5. The van der Waals surface area contributed by atoms with Crippen molar-refractivity contribution in [1.82, 2.24) is 9.88 Å². The van der Waals surface area contributed by atoms with Crippen LogP contribution in [0.4, 0.5) is 10.6 Å². The highest BCUT2D eigenvalue weighted by Crippen LogP contribution is 2.39. The Hall–Kier alpha value is -3.58. The number of aliphatic hydroxyl groups excluding tert-OH is 1. The first kappa shape index (κ1) is 20.7. The van der Waals surface area contributed by atoms with Crippen molar-refractivity contribution in [1.29, 1.82) is 0 Å². The zero-order chi connectivity index (χ0) is 22.0. The number of aromatic nitrogens is 1. The van der Waals surface area contributed by atoms with Crippen LogP contribution in [-0.4, -0.2) is 27.7 Å². The monoisotopic (exact) mass is 418 g/mol. The largest absolute Gasteiger partial charge is 0.444 e. The fraction of sp³-hybridized carbons (Fsp3) is 0.250. The molecule has 0 fully saturated rings. The summed E-state index contributed by atoms with van der Waals surface area (Å²) in [5, 5.41) is 16.5. The third-order valence-electron chi connectivity index (χ3n) is 4.85. The second-order valence-electron chi connectivity index (χ2n) is 8.36. The lowest BCUT2D eigenvalue weighted by Gasteiger charge is -2.19. The number of hydrogen-bond donors (Lipinski definition) is 3. The highest BCUT2D eigenvalue weighted by Gasteiger charge is 2.25. The van der Waals surface area contributed by atoms with Gasteiger partial charge in [0.2, 0.25) is 0 Å². The van der Waals surface area contributed by atoms with Crippen molar-refractivity contribution in [3.05, 3.63) is 71.9 Å². The van der Waals surface area contributed by atoms with Gasteiger partial charge in [0.1, 0.15) is 11.4 Å². The summed E-state index contributed by atoms with van der Waals surface area (Å²) in [6.45, 7) is 5.86. The summed E-state index contributed by atoms with van der Waals surface area (Å²) < 4.78 is 7.28. The molecule has 1 amide bonds. The fourth-order valence-electron chi connectivity index (χ4n) is 3.49. The van der Waals surface area contributed by atoms with Crippen LogP contribution in [0.15, 0.2) is 65.8 Å². The molecule has 7 heteroatoms. The number of ether oxygens (including phenoxy) is 1. The molecule has 2 aromatic carbocycles. The number of benzene rings is 2. The number of alkyl carbamates (subject to hydrolysis) is 1. The minimum atomic E-state index is -0.940. The van der Waals surface area contributed by atoms with Crippen LogP contribution in [0.1, 0.15) is 38.1 Å². The standard InChI is InChI=1S/C24H26N4O3/c1-24(2,3)31-23(30)25-13-16-9-11-17(12-10-16)19-14-28(18-7-5-4-6-8-18)21-20(19)22(29)27-15-26-21/h4-12,14-15,22,29H,13H2,1-3H3,(H,25,30)(H,26,27). The molecule has 160 valence electrons. The number of amides is 1. The third-order valence-corrected chi connectivity index (χ3v) is 4.85. The Labute approximate surface area is 181 Å². The smallest absolute Gasteiger partial charge is 0.407 e. The van der Waals surface area contributed by atoms with Crippen LogP contribution in [0.25, 0.3) is 16.8 Å². The normalized spacial score (nSPS) is 15.2. The van der Waals surface area contributed by atoms with Crippen molar-refractivity contribution in [3.8, 4) is 16.8 Å². The van der Waals surface area contributed by atoms with E-state index < -0.39 is 17.9 Å². The van der Waals surface area contributed by atoms with Gasteiger partial charge < -0.3 is 25.0 Å². The van der Waals surface area contributed by atoms with Crippen LogP contribution in [0.2, 0.25) is 0 Å². The molecule has 1 atom stereocenters. The average molecular weight is 418 g/mol. The van der Waals surface area contributed by atoms with E-state index in [0.717, 1.165) is 33.8 Å². The van der Waals surface area contributed by atoms with Crippen LogP contribution in [0, 0.1) is 0 Å². The highest BCUT2D eigenvalue weighted by molar-refractivity contribution is 5.86. The summed E-state index contributed by atoms with van der Waals surface area (Å²) in [4.78, 5) is 16.0. The lowest BCUT2D eigenvalue weighted by Crippen LogP contribution is -2.32. The minimum absolute atomic E-state index is 0.368. The van der Waals surface area contributed by atoms with E-state index >= 15 is 0 Å². The van der Waals surface area contributed by atoms with Crippen LogP contribution in [-0.2, 0) is 11.3 Å². The summed E-state index contributed by atoms with van der Waals surface area (Å²) in [6.07, 6.45) is 2.13. The van der Waals surface area contributed by atoms with Gasteiger partial charge in [-0.2, -0.15) is 0 Å². The molecular formula is C24H26N4O3. The lowest BCUT2D eigenvalue weighted by molar-refractivity contribution is 0.0523. The van der Waals surface area contributed by atoms with Gasteiger partial charge in [-0.15, -0.1) is 0 Å². The first-order valence-corrected chi connectivity index (χ1v) is 10.1. The molecule has 0 radical (unpaired) electrons. The first-order chi connectivity index (χ1) is 14.8. The Morgan fingerprint density at radius 2 is 1.87 bits per heavy atom. The number of nitrogens with zero attached hydrogens (tertiary/aromatic N) is 2. The molecule has 3 aromatic rings. The molecule has 0 bridgehead atoms. The first-order valence-electron chi connectivity index (χ1n) is 10.1. The number of fused-ring (bicyclic) bond motifs is 1. The summed E-state index contributed by atoms with van der Waals surface area (Å²) in [5.74, 6) is 0.791. The molecule has 1 aliphatic rings. The summed E-state index contributed by atoms with van der Waals surface area (Å²) in [6, 6.07) is 17.8. The summed E-state index contributed by atoms with van der Waals surface area (Å²) in [7, 11) is 0. The fourth-order valence-corrected chi connectivity index (χ4v) is 3.49. The van der Waals surface area contributed by atoms with E-state index in [-0.39, 0.29) is 0 Å². The van der Waals surface area contributed by atoms with E-state index in [2.05, 4.69) is 15.6 Å². The van der Waals surface area contributed by atoms with E-state index in [1.807, 2.05) is 86.1 Å². The molecule has 3 N–H and O–H groups in total. The quantitative estimate of drug-likeness (QED) is 0.577. The molecule has 4 rings (SSSR count). The minimum Gasteiger partial charge on any atom is -0.444 e. The summed E-state index contributed by atoms with van der Waals surface area (Å²) >= 11 is 0. The van der Waals surface area contributed by atoms with E-state index in [9.17, 15) is 9.90 Å². The lowest BCUT2D eigenvalue weighted by atomic mass is 10.0. The molecule has 1 unspecified atom stereocenters. The number of rotatable bonds is 4. The predicted octanol–water partition coefficient (Wildman–Crippen LogP) is 4.61. The number of nitrogens with one attached hydrogen (secondary N) is 2. The molecule has 0 aliphatic carbocycles. The van der Waals surface area contributed by atoms with Crippen molar-refractivity contribution in [2.75, 3.05) is 5.32 Å². The molecule has 0 saturated heterocycles. The Balaban J connectivity index is 1.59. The van der Waals surface area contributed by atoms with Gasteiger partial charge in [0.05, 0.1) is 11.9 Å². The molecule has 2 heterocycles. The molecule has 7 nitrogen and oxygen atoms in total. The van der Waals surface area contributed by atoms with Gasteiger partial charge >= 0.3 is 6.09 Å². The summed E-state index contributed by atoms with van der Waals surface area (Å²) in [5.41, 5.74) is 3.97. The Bertz CT molecular complexity index is 1100. The van der Waals surface area contributed by atoms with Crippen molar-refractivity contribution in [3.63, 3.8) is 0 Å². The number of carbonyl (C=O) groups is 1. The second-order valence-corrected chi connectivity index (χ2v) is 8.36. The highest BCUT2D eigenvalue weighted by atomic mass is 16.6. The SMILES string of the molecule is CC(C)(C)OC(=O)NCc1ccc(-c2cn(-c3ccccc3)c3c2C(O)N=CN3)cc1. The van der Waals surface area contributed by atoms with Gasteiger partial charge in [-0.25, -0.2) is 9.79 Å². The molecular weight excluding hydrogens is 392 g/mol. The van der Waals surface area contributed by atoms with Crippen molar-refractivity contribution >= 4 is 18.2 Å². The maximum absolute atomic E-state index is 11.9. The van der Waals surface area contributed by atoms with Gasteiger partial charge in [-0.1, -0.05) is 42.5 Å².